The summed E-state index contributed by atoms with van der Waals surface area (Å²) in [5.41, 5.74) is 16.5. The van der Waals surface area contributed by atoms with Crippen LogP contribution in [-0.4, -0.2) is 171 Å². The number of thioether (sulfide) groups is 1. The van der Waals surface area contributed by atoms with Gasteiger partial charge in [-0.15, -0.1) is 0 Å². The molecule has 25 nitrogen and oxygen atoms in total. The minimum Gasteiger partial charge on any atom is -0.505 e. The summed E-state index contributed by atoms with van der Waals surface area (Å²) in [7, 11) is 0. The molecule has 410 valence electrons. The van der Waals surface area contributed by atoms with Crippen molar-refractivity contribution in [2.45, 2.75) is 140 Å². The number of guanidine groups is 1. The topological polar surface area (TPSA) is 412 Å². The smallest absolute Gasteiger partial charge is 0.326 e. The minimum atomic E-state index is -1.54. The second-order valence-electron chi connectivity index (χ2n) is 18.0. The molecule has 17 N–H and O–H groups in total. The van der Waals surface area contributed by atoms with Crippen LogP contribution >= 0.6 is 11.8 Å². The van der Waals surface area contributed by atoms with Gasteiger partial charge in [0.15, 0.2) is 22.6 Å². The van der Waals surface area contributed by atoms with Crippen molar-refractivity contribution in [3.8, 4) is 5.75 Å². The van der Waals surface area contributed by atoms with Crippen molar-refractivity contribution in [1.82, 2.24) is 42.1 Å². The van der Waals surface area contributed by atoms with E-state index in [1.54, 1.807) is 27.7 Å². The molecular weight excluding hydrogens is 980 g/mol. The highest BCUT2D eigenvalue weighted by atomic mass is 32.2. The number of nitrogens with zero attached hydrogens (tertiary/aromatic N) is 2. The summed E-state index contributed by atoms with van der Waals surface area (Å²) in [6.45, 7) is 5.62. The summed E-state index contributed by atoms with van der Waals surface area (Å²) in [5.74, 6) is -10.1. The average molecular weight is 1060 g/mol. The first-order chi connectivity index (χ1) is 34.5. The van der Waals surface area contributed by atoms with Crippen LogP contribution in [0.25, 0.3) is 0 Å². The summed E-state index contributed by atoms with van der Waals surface area (Å²) in [6.07, 6.45) is 1.16. The number of carbonyl (C=O) groups excluding carboxylic acids is 8. The van der Waals surface area contributed by atoms with Crippen molar-refractivity contribution < 1.29 is 68.0 Å². The molecule has 2 unspecified atom stereocenters. The number of aromatic hydroxyl groups is 1. The highest BCUT2D eigenvalue weighted by Gasteiger charge is 2.40. The Hall–Kier alpha value is -6.16. The molecule has 1 aliphatic heterocycles. The third kappa shape index (κ3) is 21.5. The fourth-order valence-corrected chi connectivity index (χ4v) is 8.04. The van der Waals surface area contributed by atoms with Gasteiger partial charge in [0.2, 0.25) is 41.4 Å². The van der Waals surface area contributed by atoms with E-state index in [2.05, 4.69) is 42.2 Å². The zero-order chi connectivity index (χ0) is 54.9. The molecule has 1 aliphatic rings. The number of carboxylic acid groups (broad SMARTS) is 1. The Labute approximate surface area is 427 Å². The zero-order valence-corrected chi connectivity index (χ0v) is 42.8. The van der Waals surface area contributed by atoms with Crippen molar-refractivity contribution in [3.05, 3.63) is 29.6 Å². The Morgan fingerprint density at radius 2 is 1.52 bits per heavy atom. The minimum absolute atomic E-state index is 0.0272. The van der Waals surface area contributed by atoms with Gasteiger partial charge >= 0.3 is 5.97 Å². The van der Waals surface area contributed by atoms with E-state index in [0.29, 0.717) is 25.7 Å². The molecule has 73 heavy (non-hydrogen) atoms. The van der Waals surface area contributed by atoms with E-state index in [1.807, 2.05) is 0 Å². The first-order valence-corrected chi connectivity index (χ1v) is 25.4. The van der Waals surface area contributed by atoms with Gasteiger partial charge < -0.3 is 74.4 Å². The second kappa shape index (κ2) is 32.1. The molecule has 0 spiro atoms. The number of nitrogens with one attached hydrogen (secondary N) is 7. The Morgan fingerprint density at radius 3 is 2.11 bits per heavy atom. The molecule has 2 rings (SSSR count). The van der Waals surface area contributed by atoms with E-state index in [1.165, 1.54) is 12.3 Å². The predicted molar refractivity (Wildman–Crippen MR) is 267 cm³/mol. The summed E-state index contributed by atoms with van der Waals surface area (Å²) in [6, 6.07) is -5.91. The molecule has 1 aromatic carbocycles. The summed E-state index contributed by atoms with van der Waals surface area (Å²) in [5, 5.41) is 56.4. The molecule has 27 heteroatoms. The van der Waals surface area contributed by atoms with Crippen molar-refractivity contribution in [1.29, 1.82) is 0 Å². The van der Waals surface area contributed by atoms with Crippen LogP contribution < -0.4 is 54.4 Å². The van der Waals surface area contributed by atoms with Crippen LogP contribution in [0.4, 0.5) is 4.39 Å². The summed E-state index contributed by atoms with van der Waals surface area (Å²) >= 11 is 0.784. The Morgan fingerprint density at radius 1 is 0.863 bits per heavy atom. The number of benzene rings is 1. The maximum Gasteiger partial charge on any atom is 0.326 e. The van der Waals surface area contributed by atoms with Crippen LogP contribution in [0.1, 0.15) is 91.0 Å². The van der Waals surface area contributed by atoms with Gasteiger partial charge in [-0.3, -0.25) is 48.7 Å². The number of unbranched alkanes of at least 4 members (excludes halogenated alkanes) is 1. The third-order valence-corrected chi connectivity index (χ3v) is 12.6. The number of aliphatic carboxylic acids is 1. The maximum atomic E-state index is 14.6. The number of carboxylic acids is 1. The molecule has 0 aliphatic carbocycles. The maximum absolute atomic E-state index is 14.6. The van der Waals surface area contributed by atoms with E-state index in [4.69, 9.17) is 17.2 Å². The fourth-order valence-electron chi connectivity index (χ4n) is 7.71. The predicted octanol–water partition coefficient (Wildman–Crippen LogP) is -2.88. The number of aliphatic hydroxyl groups excluding tert-OH is 2. The lowest BCUT2D eigenvalue weighted by Gasteiger charge is -2.30. The highest BCUT2D eigenvalue weighted by molar-refractivity contribution is 8.13. The number of likely N-dealkylation sites (tertiary alicyclic amines) is 1. The average Bonchev–Trinajstić information content (AvgIpc) is 3.85. The number of halogens is 1. The number of hydrogen-bond donors (Lipinski definition) is 14. The van der Waals surface area contributed by atoms with Gasteiger partial charge in [0.1, 0.15) is 42.5 Å². The molecule has 9 atom stereocenters. The quantitative estimate of drug-likeness (QED) is 0.0149. The molecule has 0 saturated carbocycles. The van der Waals surface area contributed by atoms with Crippen molar-refractivity contribution in [3.63, 3.8) is 0 Å². The van der Waals surface area contributed by atoms with Crippen LogP contribution in [0.3, 0.4) is 0 Å². The van der Waals surface area contributed by atoms with Crippen LogP contribution in [0.2, 0.25) is 0 Å². The highest BCUT2D eigenvalue weighted by Crippen LogP contribution is 2.22. The number of phenolic OH excluding ortho intramolecular Hbond substituents is 1. The largest absolute Gasteiger partial charge is 0.505 e. The first kappa shape index (κ1) is 63.0. The van der Waals surface area contributed by atoms with E-state index < -0.39 is 138 Å². The van der Waals surface area contributed by atoms with E-state index in [9.17, 15) is 68.0 Å². The van der Waals surface area contributed by atoms with Gasteiger partial charge in [0, 0.05) is 25.9 Å². The molecule has 0 aromatic heterocycles. The Kier molecular flexibility index (Phi) is 27.7. The van der Waals surface area contributed by atoms with Gasteiger partial charge in [-0.2, -0.15) is 0 Å². The number of hydrogen-bond acceptors (Lipinski definition) is 16. The third-order valence-electron chi connectivity index (χ3n) is 12.0. The molecular formula is C46H75FN12O13S. The number of aliphatic imine (C=N–C) groups is 1. The normalized spacial score (nSPS) is 16.6. The van der Waals surface area contributed by atoms with Crippen LogP contribution in [0.15, 0.2) is 23.2 Å². The lowest BCUT2D eigenvalue weighted by molar-refractivity contribution is -0.145. The Balaban J connectivity index is 2.32. The number of phenols is 1. The van der Waals surface area contributed by atoms with Crippen LogP contribution in [0.5, 0.6) is 5.75 Å². The number of aliphatic hydroxyl groups is 2. The Bertz CT molecular complexity index is 2080. The number of amides is 7. The zero-order valence-electron chi connectivity index (χ0n) is 42.0. The van der Waals surface area contributed by atoms with Gasteiger partial charge in [-0.25, -0.2) is 9.18 Å². The number of rotatable bonds is 32. The van der Waals surface area contributed by atoms with Crippen molar-refractivity contribution >= 4 is 70.2 Å². The molecule has 1 saturated heterocycles. The standard InChI is InChI=1S/C46H75FN12O13S/c1-6-25(4)38(57-35(63)23-60)43(69)54-28(11-7-8-16-48)39(65)56-30(20-26-14-15-33(61)27(47)19-26)40(66)58-37(24(2)3)42(68)52-22-34(62)53-31(21-36(64)73-5)44(70)59-18-10-13-32(59)41(67)55-29(45(71)72)12-9-17-51-46(49)50/h14-15,19,24-25,28-32,35,37-38,57,60-61,63H,6-13,16-18,20-23,48H2,1-5H3,(H,52,68)(H,53,62)(H,54,69)(H,55,67)(H,56,65)(H,58,66)(H,71,72)(H4,49,50,51)/t25?,28-,29-,30-,31-,32-,35?,37-,38-/m0/s1. The van der Waals surface area contributed by atoms with Gasteiger partial charge in [0.05, 0.1) is 19.2 Å². The lowest BCUT2D eigenvalue weighted by atomic mass is 9.97. The molecule has 1 aromatic rings. The lowest BCUT2D eigenvalue weighted by Crippen LogP contribution is -2.60. The van der Waals surface area contributed by atoms with Crippen molar-refractivity contribution in [2.24, 2.45) is 34.0 Å². The molecule has 1 heterocycles. The molecule has 0 radical (unpaired) electrons. The summed E-state index contributed by atoms with van der Waals surface area (Å²) < 4.78 is 14.6. The van der Waals surface area contributed by atoms with Crippen LogP contribution in [0, 0.1) is 17.7 Å². The second-order valence-corrected chi connectivity index (χ2v) is 18.9. The first-order valence-electron chi connectivity index (χ1n) is 24.1. The van der Waals surface area contributed by atoms with Gasteiger partial charge in [0.25, 0.3) is 0 Å². The van der Waals surface area contributed by atoms with E-state index >= 15 is 0 Å². The van der Waals surface area contributed by atoms with Gasteiger partial charge in [-0.05, 0) is 87.3 Å². The monoisotopic (exact) mass is 1050 g/mol. The van der Waals surface area contributed by atoms with Crippen molar-refractivity contribution in [2.75, 3.05) is 39.0 Å². The fraction of sp³-hybridized carbons (Fsp3) is 0.652. The molecule has 7 amide bonds. The SMILES string of the molecule is CCC(C)[C@H](NC(O)CO)C(=O)N[C@@H](CCCCN)C(=O)N[C@@H](Cc1ccc(O)c(F)c1)C(=O)N[C@H](C(=O)NCC(=O)N[C@@H](CC(=O)SC)C(=O)N1CCC[C@H]1C(=O)N[C@@H](CCCN=C(N)N)C(=O)O)C(C)C. The van der Waals surface area contributed by atoms with Crippen LogP contribution in [-0.2, 0) is 49.6 Å². The number of carbonyl (C=O) groups is 9. The number of nitrogens with two attached hydrogens (primary N) is 3. The van der Waals surface area contributed by atoms with Gasteiger partial charge in [-0.1, -0.05) is 51.9 Å². The molecule has 0 bridgehead atoms. The summed E-state index contributed by atoms with van der Waals surface area (Å²) in [4.78, 5) is 126. The van der Waals surface area contributed by atoms with E-state index in [0.717, 1.165) is 28.8 Å². The molecule has 1 fully saturated rings. The van der Waals surface area contributed by atoms with E-state index in [-0.39, 0.29) is 69.2 Å².